The number of halogens is 3. The van der Waals surface area contributed by atoms with Crippen LogP contribution >= 0.6 is 34.8 Å². The SMILES string of the molecule is O=C(c1cc(Cl)ccc1[N+](=O)[O-])c1c(Cl)cccc1Cl. The highest BCUT2D eigenvalue weighted by Crippen LogP contribution is 2.31. The molecule has 0 amide bonds. The predicted molar refractivity (Wildman–Crippen MR) is 78.0 cm³/mol. The Labute approximate surface area is 129 Å². The maximum atomic E-state index is 12.4. The van der Waals surface area contributed by atoms with E-state index in [0.717, 1.165) is 0 Å². The van der Waals surface area contributed by atoms with Gasteiger partial charge in [0.1, 0.15) is 5.56 Å². The van der Waals surface area contributed by atoms with Gasteiger partial charge >= 0.3 is 0 Å². The van der Waals surface area contributed by atoms with E-state index in [1.807, 2.05) is 0 Å². The van der Waals surface area contributed by atoms with E-state index in [9.17, 15) is 14.9 Å². The van der Waals surface area contributed by atoms with E-state index in [1.165, 1.54) is 30.3 Å². The molecule has 4 nitrogen and oxygen atoms in total. The van der Waals surface area contributed by atoms with Crippen molar-refractivity contribution < 1.29 is 9.72 Å². The van der Waals surface area contributed by atoms with E-state index < -0.39 is 10.7 Å². The largest absolute Gasteiger partial charge is 0.288 e. The van der Waals surface area contributed by atoms with Crippen LogP contribution in [-0.2, 0) is 0 Å². The summed E-state index contributed by atoms with van der Waals surface area (Å²) in [7, 11) is 0. The zero-order valence-corrected chi connectivity index (χ0v) is 12.0. The topological polar surface area (TPSA) is 60.2 Å². The third-order valence-electron chi connectivity index (χ3n) is 2.59. The summed E-state index contributed by atoms with van der Waals surface area (Å²) in [6, 6.07) is 8.27. The van der Waals surface area contributed by atoms with Crippen molar-refractivity contribution in [3.05, 3.63) is 72.7 Å². The van der Waals surface area contributed by atoms with Gasteiger partial charge in [-0.25, -0.2) is 0 Å². The Kier molecular flexibility index (Phi) is 4.28. The molecule has 7 heteroatoms. The number of ketones is 1. The molecule has 2 rings (SSSR count). The average Bonchev–Trinajstić information content (AvgIpc) is 2.37. The summed E-state index contributed by atoms with van der Waals surface area (Å²) in [5.41, 5.74) is -0.492. The number of nitrogens with zero attached hydrogens (tertiary/aromatic N) is 1. The molecule has 102 valence electrons. The molecule has 0 heterocycles. The summed E-state index contributed by atoms with van der Waals surface area (Å²) < 4.78 is 0. The summed E-state index contributed by atoms with van der Waals surface area (Å²) in [5, 5.41) is 11.4. The minimum absolute atomic E-state index is 0.0150. The predicted octanol–water partition coefficient (Wildman–Crippen LogP) is 4.79. The molecule has 0 fully saturated rings. The Balaban J connectivity index is 2.65. The van der Waals surface area contributed by atoms with Gasteiger partial charge in [-0.2, -0.15) is 0 Å². The molecule has 2 aromatic carbocycles. The molecule has 0 aliphatic carbocycles. The van der Waals surface area contributed by atoms with Gasteiger partial charge in [-0.05, 0) is 24.3 Å². The fourth-order valence-corrected chi connectivity index (χ4v) is 2.44. The smallest absolute Gasteiger partial charge is 0.280 e. The number of hydrogen-bond donors (Lipinski definition) is 0. The first kappa shape index (κ1) is 14.8. The Morgan fingerprint density at radius 2 is 1.65 bits per heavy atom. The summed E-state index contributed by atoms with van der Waals surface area (Å²) in [6.07, 6.45) is 0. The molecule has 0 radical (unpaired) electrons. The lowest BCUT2D eigenvalue weighted by Gasteiger charge is -2.07. The van der Waals surface area contributed by atoms with Crippen LogP contribution in [0, 0.1) is 10.1 Å². The van der Waals surface area contributed by atoms with Crippen LogP contribution in [0.4, 0.5) is 5.69 Å². The lowest BCUT2D eigenvalue weighted by molar-refractivity contribution is -0.385. The maximum Gasteiger partial charge on any atom is 0.280 e. The van der Waals surface area contributed by atoms with Crippen LogP contribution in [0.2, 0.25) is 15.1 Å². The second kappa shape index (κ2) is 5.79. The fraction of sp³-hybridized carbons (Fsp3) is 0. The van der Waals surface area contributed by atoms with Gasteiger partial charge in [-0.15, -0.1) is 0 Å². The minimum Gasteiger partial charge on any atom is -0.288 e. The van der Waals surface area contributed by atoms with Crippen LogP contribution in [-0.4, -0.2) is 10.7 Å². The van der Waals surface area contributed by atoms with Gasteiger partial charge in [0.2, 0.25) is 5.78 Å². The zero-order chi connectivity index (χ0) is 14.9. The van der Waals surface area contributed by atoms with Gasteiger partial charge in [-0.3, -0.25) is 14.9 Å². The third-order valence-corrected chi connectivity index (χ3v) is 3.45. The summed E-state index contributed by atoms with van der Waals surface area (Å²) in [4.78, 5) is 22.8. The van der Waals surface area contributed by atoms with Gasteiger partial charge in [0, 0.05) is 11.1 Å². The van der Waals surface area contributed by atoms with Crippen molar-refractivity contribution in [1.29, 1.82) is 0 Å². The minimum atomic E-state index is -0.658. The Morgan fingerprint density at radius 1 is 1.05 bits per heavy atom. The molecule has 2 aromatic rings. The Bertz CT molecular complexity index is 696. The van der Waals surface area contributed by atoms with Gasteiger partial charge in [0.05, 0.1) is 20.5 Å². The first-order chi connectivity index (χ1) is 9.41. The maximum absolute atomic E-state index is 12.4. The Hall–Kier alpha value is -1.62. The average molecular weight is 331 g/mol. The number of hydrogen-bond acceptors (Lipinski definition) is 3. The monoisotopic (exact) mass is 329 g/mol. The highest BCUT2D eigenvalue weighted by Gasteiger charge is 2.25. The van der Waals surface area contributed by atoms with Crippen molar-refractivity contribution >= 4 is 46.3 Å². The van der Waals surface area contributed by atoms with E-state index in [1.54, 1.807) is 6.07 Å². The lowest BCUT2D eigenvalue weighted by Crippen LogP contribution is -2.07. The molecular formula is C13H6Cl3NO3. The van der Waals surface area contributed by atoms with Crippen LogP contribution < -0.4 is 0 Å². The molecule has 0 spiro atoms. The van der Waals surface area contributed by atoms with Gasteiger partial charge in [-0.1, -0.05) is 40.9 Å². The van der Waals surface area contributed by atoms with E-state index >= 15 is 0 Å². The van der Waals surface area contributed by atoms with Crippen molar-refractivity contribution in [2.45, 2.75) is 0 Å². The van der Waals surface area contributed by atoms with Crippen molar-refractivity contribution in [2.24, 2.45) is 0 Å². The lowest BCUT2D eigenvalue weighted by atomic mass is 10.0. The fourth-order valence-electron chi connectivity index (χ4n) is 1.70. The van der Waals surface area contributed by atoms with Crippen molar-refractivity contribution in [3.63, 3.8) is 0 Å². The van der Waals surface area contributed by atoms with Crippen LogP contribution in [0.25, 0.3) is 0 Å². The molecule has 0 bridgehead atoms. The quantitative estimate of drug-likeness (QED) is 0.462. The number of benzene rings is 2. The number of carbonyl (C=O) groups is 1. The van der Waals surface area contributed by atoms with Gasteiger partial charge in [0.15, 0.2) is 0 Å². The molecule has 0 aromatic heterocycles. The van der Waals surface area contributed by atoms with Crippen LogP contribution in [0.15, 0.2) is 36.4 Å². The van der Waals surface area contributed by atoms with Crippen LogP contribution in [0.3, 0.4) is 0 Å². The standard InChI is InChI=1S/C13H6Cl3NO3/c14-7-4-5-11(17(19)20)8(6-7)13(18)12-9(15)2-1-3-10(12)16/h1-6H. The summed E-state index contributed by atoms with van der Waals surface area (Å²) in [5.74, 6) is -0.644. The third kappa shape index (κ3) is 2.77. The highest BCUT2D eigenvalue weighted by atomic mass is 35.5. The van der Waals surface area contributed by atoms with Crippen molar-refractivity contribution in [3.8, 4) is 0 Å². The van der Waals surface area contributed by atoms with E-state index in [-0.39, 0.29) is 31.9 Å². The first-order valence-corrected chi connectivity index (χ1v) is 6.48. The molecule has 0 aliphatic heterocycles. The molecule has 0 aliphatic rings. The first-order valence-electron chi connectivity index (χ1n) is 5.34. The zero-order valence-electron chi connectivity index (χ0n) is 9.77. The second-order valence-electron chi connectivity index (χ2n) is 3.84. The van der Waals surface area contributed by atoms with Crippen molar-refractivity contribution in [2.75, 3.05) is 0 Å². The molecule has 0 saturated carbocycles. The van der Waals surface area contributed by atoms with E-state index in [4.69, 9.17) is 34.8 Å². The van der Waals surface area contributed by atoms with E-state index in [2.05, 4.69) is 0 Å². The number of nitro benzene ring substituents is 1. The molecule has 0 N–H and O–H groups in total. The molecule has 0 saturated heterocycles. The summed E-state index contributed by atoms with van der Waals surface area (Å²) >= 11 is 17.7. The van der Waals surface area contributed by atoms with Crippen LogP contribution in [0.5, 0.6) is 0 Å². The Morgan fingerprint density at radius 3 is 2.20 bits per heavy atom. The molecule has 0 atom stereocenters. The second-order valence-corrected chi connectivity index (χ2v) is 5.10. The molecule has 20 heavy (non-hydrogen) atoms. The normalized spacial score (nSPS) is 10.3. The van der Waals surface area contributed by atoms with Crippen LogP contribution in [0.1, 0.15) is 15.9 Å². The highest BCUT2D eigenvalue weighted by molar-refractivity contribution is 6.41. The van der Waals surface area contributed by atoms with Gasteiger partial charge < -0.3 is 0 Å². The summed E-state index contributed by atoms with van der Waals surface area (Å²) in [6.45, 7) is 0. The number of nitro groups is 1. The number of carbonyl (C=O) groups excluding carboxylic acids is 1. The van der Waals surface area contributed by atoms with Crippen molar-refractivity contribution in [1.82, 2.24) is 0 Å². The number of rotatable bonds is 3. The molecule has 0 unspecified atom stereocenters. The van der Waals surface area contributed by atoms with Gasteiger partial charge in [0.25, 0.3) is 5.69 Å². The molecular weight excluding hydrogens is 325 g/mol. The van der Waals surface area contributed by atoms with E-state index in [0.29, 0.717) is 0 Å².